The summed E-state index contributed by atoms with van der Waals surface area (Å²) in [5.41, 5.74) is 2.90. The number of aryl methyl sites for hydroxylation is 2. The Balaban J connectivity index is 1.78. The predicted molar refractivity (Wildman–Crippen MR) is 113 cm³/mol. The van der Waals surface area contributed by atoms with Crippen LogP contribution in [0.5, 0.6) is 0 Å². The number of aliphatic imine (C=N–C) groups is 1. The zero-order chi connectivity index (χ0) is 19.5. The minimum Gasteiger partial charge on any atom is -0.357 e. The number of guanidine groups is 1. The first kappa shape index (κ1) is 20.9. The molecule has 0 saturated carbocycles. The molecule has 0 aliphatic heterocycles. The summed E-state index contributed by atoms with van der Waals surface area (Å²) < 4.78 is 0. The van der Waals surface area contributed by atoms with E-state index in [1.807, 2.05) is 31.2 Å². The van der Waals surface area contributed by atoms with Gasteiger partial charge < -0.3 is 16.0 Å². The van der Waals surface area contributed by atoms with Gasteiger partial charge in [0.1, 0.15) is 0 Å². The number of rotatable bonds is 9. The number of carbonyl (C=O) groups is 1. The van der Waals surface area contributed by atoms with Gasteiger partial charge in [0.05, 0.1) is 5.01 Å². The van der Waals surface area contributed by atoms with Gasteiger partial charge in [0.15, 0.2) is 5.96 Å². The van der Waals surface area contributed by atoms with Crippen molar-refractivity contribution in [1.82, 2.24) is 20.9 Å². The molecule has 0 fully saturated rings. The Labute approximate surface area is 165 Å². The Morgan fingerprint density at radius 1 is 1.26 bits per heavy atom. The van der Waals surface area contributed by atoms with Gasteiger partial charge in [0.25, 0.3) is 5.91 Å². The Kier molecular flexibility index (Phi) is 8.77. The molecule has 7 heteroatoms. The molecule has 1 heterocycles. The molecular weight excluding hydrogens is 358 g/mol. The van der Waals surface area contributed by atoms with Crippen LogP contribution in [0.1, 0.15) is 40.0 Å². The van der Waals surface area contributed by atoms with Gasteiger partial charge in [-0.25, -0.2) is 4.98 Å². The van der Waals surface area contributed by atoms with Gasteiger partial charge in [-0.15, -0.1) is 11.3 Å². The van der Waals surface area contributed by atoms with Crippen molar-refractivity contribution >= 4 is 23.2 Å². The highest BCUT2D eigenvalue weighted by Gasteiger charge is 2.04. The highest BCUT2D eigenvalue weighted by atomic mass is 32.1. The van der Waals surface area contributed by atoms with Crippen LogP contribution >= 0.6 is 11.3 Å². The molecule has 1 amide bonds. The van der Waals surface area contributed by atoms with Gasteiger partial charge in [-0.1, -0.05) is 12.1 Å². The van der Waals surface area contributed by atoms with Crippen molar-refractivity contribution in [2.45, 2.75) is 33.1 Å². The topological polar surface area (TPSA) is 78.4 Å². The average Bonchev–Trinajstić information content (AvgIpc) is 3.10. The highest BCUT2D eigenvalue weighted by molar-refractivity contribution is 7.09. The summed E-state index contributed by atoms with van der Waals surface area (Å²) in [7, 11) is 1.64. The van der Waals surface area contributed by atoms with E-state index in [2.05, 4.69) is 38.2 Å². The third kappa shape index (κ3) is 7.38. The highest BCUT2D eigenvalue weighted by Crippen LogP contribution is 2.10. The number of thiazole rings is 1. The maximum absolute atomic E-state index is 11.7. The van der Waals surface area contributed by atoms with Gasteiger partial charge in [-0.2, -0.15) is 0 Å². The van der Waals surface area contributed by atoms with Crippen LogP contribution in [0, 0.1) is 6.92 Å². The number of nitrogens with one attached hydrogen (secondary N) is 3. The first-order valence-corrected chi connectivity index (χ1v) is 10.2. The molecule has 0 unspecified atom stereocenters. The van der Waals surface area contributed by atoms with Crippen LogP contribution in [-0.2, 0) is 12.8 Å². The van der Waals surface area contributed by atoms with Crippen LogP contribution in [0.4, 0.5) is 0 Å². The van der Waals surface area contributed by atoms with Crippen molar-refractivity contribution in [2.75, 3.05) is 26.7 Å². The lowest BCUT2D eigenvalue weighted by Crippen LogP contribution is -2.38. The summed E-state index contributed by atoms with van der Waals surface area (Å²) in [6, 6.07) is 7.71. The van der Waals surface area contributed by atoms with E-state index in [0.717, 1.165) is 56.1 Å². The molecule has 27 heavy (non-hydrogen) atoms. The number of hydrogen-bond acceptors (Lipinski definition) is 4. The number of nitrogens with zero attached hydrogens (tertiary/aromatic N) is 2. The smallest absolute Gasteiger partial charge is 0.251 e. The van der Waals surface area contributed by atoms with E-state index in [9.17, 15) is 4.79 Å². The summed E-state index contributed by atoms with van der Waals surface area (Å²) in [6.45, 7) is 6.43. The van der Waals surface area contributed by atoms with Crippen molar-refractivity contribution in [3.05, 3.63) is 51.5 Å². The van der Waals surface area contributed by atoms with Crippen molar-refractivity contribution in [3.8, 4) is 0 Å². The third-order valence-corrected chi connectivity index (χ3v) is 4.98. The second-order valence-corrected chi connectivity index (χ2v) is 7.15. The molecule has 0 saturated heterocycles. The largest absolute Gasteiger partial charge is 0.357 e. The normalized spacial score (nSPS) is 11.3. The molecule has 2 aromatic rings. The van der Waals surface area contributed by atoms with E-state index in [4.69, 9.17) is 0 Å². The fourth-order valence-electron chi connectivity index (χ4n) is 2.62. The predicted octanol–water partition coefficient (Wildman–Crippen LogP) is 2.54. The summed E-state index contributed by atoms with van der Waals surface area (Å²) in [4.78, 5) is 20.8. The fraction of sp³-hybridized carbons (Fsp3) is 0.450. The lowest BCUT2D eigenvalue weighted by molar-refractivity contribution is 0.0963. The molecule has 2 rings (SSSR count). The van der Waals surface area contributed by atoms with Gasteiger partial charge >= 0.3 is 0 Å². The summed E-state index contributed by atoms with van der Waals surface area (Å²) >= 11 is 1.72. The molecule has 1 aromatic carbocycles. The summed E-state index contributed by atoms with van der Waals surface area (Å²) in [5.74, 6) is 0.769. The lowest BCUT2D eigenvalue weighted by atomic mass is 10.1. The van der Waals surface area contributed by atoms with E-state index < -0.39 is 0 Å². The Morgan fingerprint density at radius 2 is 2.11 bits per heavy atom. The van der Waals surface area contributed by atoms with E-state index in [1.165, 1.54) is 5.01 Å². The number of hydrogen-bond donors (Lipinski definition) is 3. The Hall–Kier alpha value is -2.41. The maximum atomic E-state index is 11.7. The zero-order valence-electron chi connectivity index (χ0n) is 16.3. The molecule has 0 bridgehead atoms. The van der Waals surface area contributed by atoms with Crippen molar-refractivity contribution < 1.29 is 4.79 Å². The van der Waals surface area contributed by atoms with Crippen molar-refractivity contribution in [1.29, 1.82) is 0 Å². The molecule has 0 radical (unpaired) electrons. The van der Waals surface area contributed by atoms with Crippen LogP contribution in [0.25, 0.3) is 0 Å². The Bertz CT molecular complexity index is 756. The first-order chi connectivity index (χ1) is 13.1. The molecule has 0 atom stereocenters. The zero-order valence-corrected chi connectivity index (χ0v) is 17.2. The molecular formula is C20H29N5OS. The number of benzene rings is 1. The van der Waals surface area contributed by atoms with Gasteiger partial charge in [0, 0.05) is 49.7 Å². The number of carbonyl (C=O) groups excluding carboxylic acids is 1. The van der Waals surface area contributed by atoms with Crippen molar-refractivity contribution in [2.24, 2.45) is 4.99 Å². The van der Waals surface area contributed by atoms with Gasteiger partial charge in [-0.05, 0) is 44.4 Å². The van der Waals surface area contributed by atoms with E-state index in [-0.39, 0.29) is 5.91 Å². The maximum Gasteiger partial charge on any atom is 0.251 e. The quantitative estimate of drug-likeness (QED) is 0.351. The second kappa shape index (κ2) is 11.3. The monoisotopic (exact) mass is 387 g/mol. The molecule has 0 spiro atoms. The van der Waals surface area contributed by atoms with Crippen LogP contribution in [0.3, 0.4) is 0 Å². The second-order valence-electron chi connectivity index (χ2n) is 6.20. The molecule has 0 aliphatic carbocycles. The van der Waals surface area contributed by atoms with Gasteiger partial charge in [0.2, 0.25) is 0 Å². The van der Waals surface area contributed by atoms with Gasteiger partial charge in [-0.3, -0.25) is 9.79 Å². The lowest BCUT2D eigenvalue weighted by Gasteiger charge is -2.11. The van der Waals surface area contributed by atoms with E-state index in [1.54, 1.807) is 18.4 Å². The molecule has 3 N–H and O–H groups in total. The van der Waals surface area contributed by atoms with Crippen LogP contribution in [0.15, 0.2) is 34.6 Å². The van der Waals surface area contributed by atoms with E-state index >= 15 is 0 Å². The van der Waals surface area contributed by atoms with Crippen LogP contribution in [-0.4, -0.2) is 43.5 Å². The third-order valence-electron chi connectivity index (χ3n) is 3.95. The molecule has 0 aliphatic rings. The average molecular weight is 388 g/mol. The fourth-order valence-corrected chi connectivity index (χ4v) is 3.44. The van der Waals surface area contributed by atoms with Crippen LogP contribution < -0.4 is 16.0 Å². The first-order valence-electron chi connectivity index (χ1n) is 9.36. The molecule has 146 valence electrons. The number of aromatic nitrogens is 1. The summed E-state index contributed by atoms with van der Waals surface area (Å²) in [6.07, 6.45) is 2.78. The number of amides is 1. The summed E-state index contributed by atoms with van der Waals surface area (Å²) in [5, 5.41) is 12.6. The minimum atomic E-state index is -0.0601. The molecule has 6 nitrogen and oxygen atoms in total. The Morgan fingerprint density at radius 3 is 2.81 bits per heavy atom. The standard InChI is InChI=1S/C20H29N5OS/c1-4-22-20(23-11-6-9-18-25-15(2)14-27-18)24-12-10-16-7-5-8-17(13-16)19(26)21-3/h5,7-8,13-14H,4,6,9-12H2,1-3H3,(H,21,26)(H2,22,23,24). The minimum absolute atomic E-state index is 0.0601. The SMILES string of the molecule is CCNC(=NCCCc1nc(C)cs1)NCCc1cccc(C(=O)NC)c1. The van der Waals surface area contributed by atoms with Crippen molar-refractivity contribution in [3.63, 3.8) is 0 Å². The van der Waals surface area contributed by atoms with Crippen LogP contribution in [0.2, 0.25) is 0 Å². The molecule has 1 aromatic heterocycles. The van der Waals surface area contributed by atoms with E-state index in [0.29, 0.717) is 5.56 Å².